The molecule has 1 aliphatic rings. The number of pyridine rings is 1. The van der Waals surface area contributed by atoms with Gasteiger partial charge in [0.25, 0.3) is 21.7 Å². The minimum Gasteiger partial charge on any atom is -0.480 e. The Morgan fingerprint density at radius 3 is 2.23 bits per heavy atom. The molecule has 3 aromatic rings. The molecule has 1 amide bonds. The Hall–Kier alpha value is -4.55. The Morgan fingerprint density at radius 2 is 1.64 bits per heavy atom. The van der Waals surface area contributed by atoms with Crippen LogP contribution in [0.1, 0.15) is 40.9 Å². The third-order valence-electron chi connectivity index (χ3n) is 7.60. The van der Waals surface area contributed by atoms with E-state index in [0.29, 0.717) is 29.8 Å². The number of rotatable bonds is 12. The molecule has 250 valence electrons. The second-order valence-corrected chi connectivity index (χ2v) is 13.0. The van der Waals surface area contributed by atoms with Gasteiger partial charge in [0, 0.05) is 69.4 Å². The second-order valence-electron chi connectivity index (χ2n) is 11.3. The van der Waals surface area contributed by atoms with Crippen molar-refractivity contribution in [2.75, 3.05) is 44.8 Å². The summed E-state index contributed by atoms with van der Waals surface area (Å²) >= 11 is 0. The molecule has 0 spiro atoms. The average Bonchev–Trinajstić information content (AvgIpc) is 3.05. The van der Waals surface area contributed by atoms with Gasteiger partial charge in [0.2, 0.25) is 0 Å². The standard InChI is InChI=1S/C33H38FN5O7S/c1-23(2)30(33(42)43)36-47(44,45)39-16-14-37(15-17-39)28-12-8-24(9-13-28)4-5-26-20-29(32(41)38(22-26)18-19-46-3)31(40)35-21-25-6-10-27(34)11-7-25/h6-13,20,22-23,30,36H,14-19,21H2,1-3H3,(H,35,40)(H,42,43)/t30-/m1/s1. The first-order valence-corrected chi connectivity index (χ1v) is 16.4. The van der Waals surface area contributed by atoms with Crippen LogP contribution in [0.4, 0.5) is 10.1 Å². The highest BCUT2D eigenvalue weighted by Gasteiger charge is 2.33. The van der Waals surface area contributed by atoms with Gasteiger partial charge in [-0.25, -0.2) is 4.39 Å². The molecule has 0 bridgehead atoms. The Labute approximate surface area is 273 Å². The van der Waals surface area contributed by atoms with E-state index in [1.807, 2.05) is 29.2 Å². The molecule has 3 N–H and O–H groups in total. The number of halogens is 1. The maximum Gasteiger partial charge on any atom is 0.322 e. The topological polar surface area (TPSA) is 150 Å². The molecule has 1 atom stereocenters. The van der Waals surface area contributed by atoms with Gasteiger partial charge >= 0.3 is 5.97 Å². The number of carboxylic acid groups (broad SMARTS) is 1. The van der Waals surface area contributed by atoms with Crippen molar-refractivity contribution >= 4 is 27.8 Å². The number of nitrogens with zero attached hydrogens (tertiary/aromatic N) is 3. The van der Waals surface area contributed by atoms with Gasteiger partial charge in [-0.15, -0.1) is 0 Å². The number of methoxy groups -OCH3 is 1. The Balaban J connectivity index is 1.43. The number of carbonyl (C=O) groups excluding carboxylic acids is 1. The van der Waals surface area contributed by atoms with Crippen molar-refractivity contribution in [2.45, 2.75) is 33.0 Å². The predicted molar refractivity (Wildman–Crippen MR) is 175 cm³/mol. The summed E-state index contributed by atoms with van der Waals surface area (Å²) < 4.78 is 48.8. The second kappa shape index (κ2) is 15.8. The van der Waals surface area contributed by atoms with Gasteiger partial charge < -0.3 is 24.6 Å². The zero-order valence-corrected chi connectivity index (χ0v) is 27.2. The SMILES string of the molecule is COCCn1cc(C#Cc2ccc(N3CCN(S(=O)(=O)N[C@@H](C(=O)O)C(C)C)CC3)cc2)cc(C(=O)NCc2ccc(F)cc2)c1=O. The number of aromatic nitrogens is 1. The number of amides is 1. The van der Waals surface area contributed by atoms with Crippen molar-refractivity contribution in [2.24, 2.45) is 5.92 Å². The molecule has 0 unspecified atom stereocenters. The van der Waals surface area contributed by atoms with Crippen LogP contribution in [-0.2, 0) is 32.8 Å². The number of anilines is 1. The van der Waals surface area contributed by atoms with Gasteiger partial charge in [-0.1, -0.05) is 37.8 Å². The van der Waals surface area contributed by atoms with Crippen LogP contribution < -0.4 is 20.5 Å². The Bertz CT molecular complexity index is 1790. The zero-order chi connectivity index (χ0) is 34.1. The molecular formula is C33H38FN5O7S. The van der Waals surface area contributed by atoms with Gasteiger partial charge in [-0.2, -0.15) is 17.4 Å². The number of benzene rings is 2. The normalized spacial score (nSPS) is 14.4. The zero-order valence-electron chi connectivity index (χ0n) is 26.4. The van der Waals surface area contributed by atoms with E-state index in [2.05, 4.69) is 21.9 Å². The van der Waals surface area contributed by atoms with Crippen LogP contribution in [0.5, 0.6) is 0 Å². The summed E-state index contributed by atoms with van der Waals surface area (Å²) in [6, 6.07) is 13.3. The van der Waals surface area contributed by atoms with Gasteiger partial charge in [0.05, 0.1) is 6.61 Å². The molecule has 2 heterocycles. The average molecular weight is 668 g/mol. The predicted octanol–water partition coefficient (Wildman–Crippen LogP) is 2.03. The molecule has 2 aromatic carbocycles. The molecule has 1 fully saturated rings. The van der Waals surface area contributed by atoms with Crippen LogP contribution in [0.15, 0.2) is 65.6 Å². The number of carboxylic acids is 1. The van der Waals surface area contributed by atoms with Crippen molar-refractivity contribution in [3.05, 3.63) is 99.2 Å². The Kier molecular flexibility index (Phi) is 11.9. The molecule has 0 aliphatic carbocycles. The summed E-state index contributed by atoms with van der Waals surface area (Å²) in [5.41, 5.74) is 2.12. The molecule has 12 nitrogen and oxygen atoms in total. The number of ether oxygens (including phenoxy) is 1. The first kappa shape index (κ1) is 35.3. The lowest BCUT2D eigenvalue weighted by Crippen LogP contribution is -2.55. The quantitative estimate of drug-likeness (QED) is 0.249. The number of hydrogen-bond donors (Lipinski definition) is 3. The highest BCUT2D eigenvalue weighted by atomic mass is 32.2. The molecule has 0 radical (unpaired) electrons. The summed E-state index contributed by atoms with van der Waals surface area (Å²) in [6.45, 7) is 5.10. The van der Waals surface area contributed by atoms with Crippen LogP contribution in [-0.4, -0.2) is 80.2 Å². The third kappa shape index (κ3) is 9.49. The van der Waals surface area contributed by atoms with Gasteiger partial charge in [-0.3, -0.25) is 14.4 Å². The maximum absolute atomic E-state index is 13.2. The van der Waals surface area contributed by atoms with Crippen LogP contribution in [0.25, 0.3) is 0 Å². The van der Waals surface area contributed by atoms with E-state index >= 15 is 0 Å². The van der Waals surface area contributed by atoms with Gasteiger partial charge in [-0.05, 0) is 53.9 Å². The number of nitrogens with one attached hydrogen (secondary N) is 2. The molecular weight excluding hydrogens is 629 g/mol. The summed E-state index contributed by atoms with van der Waals surface area (Å²) in [5.74, 6) is 3.49. The first-order valence-electron chi connectivity index (χ1n) is 15.0. The Morgan fingerprint density at radius 1 is 1.00 bits per heavy atom. The van der Waals surface area contributed by atoms with E-state index in [1.54, 1.807) is 32.2 Å². The minimum atomic E-state index is -3.96. The van der Waals surface area contributed by atoms with Crippen molar-refractivity contribution in [3.8, 4) is 11.8 Å². The van der Waals surface area contributed by atoms with E-state index < -0.39 is 39.6 Å². The molecule has 1 aliphatic heterocycles. The van der Waals surface area contributed by atoms with E-state index in [1.165, 1.54) is 34.2 Å². The monoisotopic (exact) mass is 667 g/mol. The number of aliphatic carboxylic acids is 1. The molecule has 0 saturated carbocycles. The number of carbonyl (C=O) groups is 2. The van der Waals surface area contributed by atoms with Crippen molar-refractivity contribution in [3.63, 3.8) is 0 Å². The minimum absolute atomic E-state index is 0.0793. The molecule has 1 aromatic heterocycles. The molecule has 4 rings (SSSR count). The van der Waals surface area contributed by atoms with Crippen LogP contribution in [0.2, 0.25) is 0 Å². The van der Waals surface area contributed by atoms with Crippen molar-refractivity contribution in [1.82, 2.24) is 18.9 Å². The van der Waals surface area contributed by atoms with E-state index in [-0.39, 0.29) is 44.2 Å². The fourth-order valence-electron chi connectivity index (χ4n) is 4.90. The van der Waals surface area contributed by atoms with E-state index in [4.69, 9.17) is 4.74 Å². The lowest BCUT2D eigenvalue weighted by atomic mass is 10.1. The van der Waals surface area contributed by atoms with E-state index in [9.17, 15) is 32.3 Å². The van der Waals surface area contributed by atoms with Crippen molar-refractivity contribution in [1.29, 1.82) is 0 Å². The lowest BCUT2D eigenvalue weighted by molar-refractivity contribution is -0.140. The summed E-state index contributed by atoms with van der Waals surface area (Å²) in [6.07, 6.45) is 1.57. The smallest absolute Gasteiger partial charge is 0.322 e. The first-order chi connectivity index (χ1) is 22.4. The molecule has 14 heteroatoms. The largest absolute Gasteiger partial charge is 0.480 e. The highest BCUT2D eigenvalue weighted by molar-refractivity contribution is 7.87. The summed E-state index contributed by atoms with van der Waals surface area (Å²) in [5, 5.41) is 12.1. The highest BCUT2D eigenvalue weighted by Crippen LogP contribution is 2.19. The third-order valence-corrected chi connectivity index (χ3v) is 9.20. The summed E-state index contributed by atoms with van der Waals surface area (Å²) in [4.78, 5) is 39.5. The fraction of sp³-hybridized carbons (Fsp3) is 0.364. The van der Waals surface area contributed by atoms with Gasteiger partial charge in [0.15, 0.2) is 0 Å². The fourth-order valence-corrected chi connectivity index (χ4v) is 6.38. The number of piperazine rings is 1. The van der Waals surface area contributed by atoms with Crippen LogP contribution >= 0.6 is 0 Å². The van der Waals surface area contributed by atoms with Crippen LogP contribution in [0.3, 0.4) is 0 Å². The van der Waals surface area contributed by atoms with Crippen molar-refractivity contribution < 1.29 is 32.2 Å². The molecule has 1 saturated heterocycles. The number of hydrogen-bond acceptors (Lipinski definition) is 7. The van der Waals surface area contributed by atoms with E-state index in [0.717, 1.165) is 5.69 Å². The summed E-state index contributed by atoms with van der Waals surface area (Å²) in [7, 11) is -2.45. The lowest BCUT2D eigenvalue weighted by Gasteiger charge is -2.36. The molecule has 47 heavy (non-hydrogen) atoms. The van der Waals surface area contributed by atoms with Crippen LogP contribution in [0, 0.1) is 23.6 Å². The maximum atomic E-state index is 13.2. The van der Waals surface area contributed by atoms with Gasteiger partial charge in [0.1, 0.15) is 17.4 Å².